The Bertz CT molecular complexity index is 1060. The maximum absolute atomic E-state index is 13.3. The SMILES string of the molecule is CC(C)C(=O)Nc1ccc2c(c1)C(=O)N(C)[C@@H]1CC[C@@H](CC(=O)Nc3ccccc3)O[C@H]1CO2. The second-order valence-corrected chi connectivity index (χ2v) is 9.14. The molecular weight excluding hydrogens is 434 g/mol. The van der Waals surface area contributed by atoms with Gasteiger partial charge in [0.25, 0.3) is 5.91 Å². The molecule has 2 aromatic rings. The van der Waals surface area contributed by atoms with E-state index in [1.54, 1.807) is 30.1 Å². The van der Waals surface area contributed by atoms with Crippen molar-refractivity contribution in [2.24, 2.45) is 5.92 Å². The van der Waals surface area contributed by atoms with Gasteiger partial charge in [0.1, 0.15) is 18.5 Å². The fourth-order valence-electron chi connectivity index (χ4n) is 4.33. The summed E-state index contributed by atoms with van der Waals surface area (Å²) in [6.07, 6.45) is 1.03. The van der Waals surface area contributed by atoms with Crippen molar-refractivity contribution < 1.29 is 23.9 Å². The van der Waals surface area contributed by atoms with Gasteiger partial charge in [-0.3, -0.25) is 14.4 Å². The summed E-state index contributed by atoms with van der Waals surface area (Å²) in [5.74, 6) is -0.123. The molecule has 0 radical (unpaired) electrons. The van der Waals surface area contributed by atoms with Crippen molar-refractivity contribution in [3.8, 4) is 5.75 Å². The summed E-state index contributed by atoms with van der Waals surface area (Å²) in [6.45, 7) is 3.89. The highest BCUT2D eigenvalue weighted by Crippen LogP contribution is 2.32. The first-order valence-electron chi connectivity index (χ1n) is 11.7. The van der Waals surface area contributed by atoms with Crippen LogP contribution in [-0.4, -0.2) is 54.5 Å². The van der Waals surface area contributed by atoms with E-state index in [0.29, 0.717) is 29.8 Å². The van der Waals surface area contributed by atoms with Gasteiger partial charge in [-0.05, 0) is 43.2 Å². The summed E-state index contributed by atoms with van der Waals surface area (Å²) < 4.78 is 12.2. The average molecular weight is 466 g/mol. The number of fused-ring (bicyclic) bond motifs is 2. The summed E-state index contributed by atoms with van der Waals surface area (Å²) in [4.78, 5) is 39.5. The molecule has 4 rings (SSSR count). The Morgan fingerprint density at radius 1 is 1.06 bits per heavy atom. The molecule has 0 aromatic heterocycles. The number of rotatable bonds is 5. The molecule has 8 nitrogen and oxygen atoms in total. The summed E-state index contributed by atoms with van der Waals surface area (Å²) in [7, 11) is 1.76. The highest BCUT2D eigenvalue weighted by molar-refractivity contribution is 6.00. The van der Waals surface area contributed by atoms with E-state index in [0.717, 1.165) is 5.69 Å². The number of nitrogens with zero attached hydrogens (tertiary/aromatic N) is 1. The molecule has 0 aliphatic carbocycles. The first kappa shape index (κ1) is 23.8. The van der Waals surface area contributed by atoms with Crippen LogP contribution in [-0.2, 0) is 14.3 Å². The molecule has 8 heteroatoms. The minimum absolute atomic E-state index is 0.104. The van der Waals surface area contributed by atoms with E-state index in [1.807, 2.05) is 44.2 Å². The highest BCUT2D eigenvalue weighted by Gasteiger charge is 2.39. The lowest BCUT2D eigenvalue weighted by molar-refractivity contribution is -0.130. The van der Waals surface area contributed by atoms with Crippen molar-refractivity contribution in [2.75, 3.05) is 24.3 Å². The lowest BCUT2D eigenvalue weighted by Crippen LogP contribution is -2.53. The number of carbonyl (C=O) groups is 3. The lowest BCUT2D eigenvalue weighted by Gasteiger charge is -2.42. The molecule has 3 atom stereocenters. The second kappa shape index (κ2) is 10.3. The fourth-order valence-corrected chi connectivity index (χ4v) is 4.33. The zero-order valence-corrected chi connectivity index (χ0v) is 19.7. The number of likely N-dealkylation sites (N-methyl/N-ethyl adjacent to an activating group) is 1. The summed E-state index contributed by atoms with van der Waals surface area (Å²) in [5.41, 5.74) is 1.72. The van der Waals surface area contributed by atoms with E-state index in [2.05, 4.69) is 10.6 Å². The molecule has 2 aliphatic rings. The number of ether oxygens (including phenoxy) is 2. The van der Waals surface area contributed by atoms with Crippen molar-refractivity contribution in [2.45, 2.75) is 51.4 Å². The van der Waals surface area contributed by atoms with E-state index < -0.39 is 0 Å². The quantitative estimate of drug-likeness (QED) is 0.702. The first-order valence-corrected chi connectivity index (χ1v) is 11.7. The van der Waals surface area contributed by atoms with Crippen LogP contribution in [0.1, 0.15) is 43.5 Å². The Morgan fingerprint density at radius 3 is 2.56 bits per heavy atom. The molecule has 2 aromatic carbocycles. The van der Waals surface area contributed by atoms with Crippen molar-refractivity contribution in [1.82, 2.24) is 4.90 Å². The molecule has 180 valence electrons. The monoisotopic (exact) mass is 465 g/mol. The predicted octanol–water partition coefficient (Wildman–Crippen LogP) is 3.69. The van der Waals surface area contributed by atoms with E-state index in [9.17, 15) is 14.4 Å². The molecular formula is C26H31N3O5. The smallest absolute Gasteiger partial charge is 0.257 e. The summed E-state index contributed by atoms with van der Waals surface area (Å²) >= 11 is 0. The molecule has 1 saturated heterocycles. The number of hydrogen-bond donors (Lipinski definition) is 2. The van der Waals surface area contributed by atoms with Crippen LogP contribution in [0.3, 0.4) is 0 Å². The number of carbonyl (C=O) groups excluding carboxylic acids is 3. The third-order valence-corrected chi connectivity index (χ3v) is 6.27. The van der Waals surface area contributed by atoms with Crippen LogP contribution in [0, 0.1) is 5.92 Å². The van der Waals surface area contributed by atoms with Gasteiger partial charge in [-0.2, -0.15) is 0 Å². The predicted molar refractivity (Wildman–Crippen MR) is 129 cm³/mol. The first-order chi connectivity index (χ1) is 16.3. The second-order valence-electron chi connectivity index (χ2n) is 9.14. The fraction of sp³-hybridized carbons (Fsp3) is 0.423. The molecule has 2 aliphatic heterocycles. The van der Waals surface area contributed by atoms with Crippen LogP contribution < -0.4 is 15.4 Å². The van der Waals surface area contributed by atoms with Crippen molar-refractivity contribution in [1.29, 1.82) is 0 Å². The van der Waals surface area contributed by atoms with Gasteiger partial charge in [-0.1, -0.05) is 32.0 Å². The van der Waals surface area contributed by atoms with Crippen LogP contribution >= 0.6 is 0 Å². The highest BCUT2D eigenvalue weighted by atomic mass is 16.5. The third-order valence-electron chi connectivity index (χ3n) is 6.27. The number of benzene rings is 2. The average Bonchev–Trinajstić information content (AvgIpc) is 2.82. The number of hydrogen-bond acceptors (Lipinski definition) is 5. The van der Waals surface area contributed by atoms with Gasteiger partial charge < -0.3 is 25.0 Å². The molecule has 34 heavy (non-hydrogen) atoms. The third kappa shape index (κ3) is 5.39. The van der Waals surface area contributed by atoms with E-state index in [-0.39, 0.29) is 54.9 Å². The Kier molecular flexibility index (Phi) is 7.17. The van der Waals surface area contributed by atoms with Crippen LogP contribution in [0.2, 0.25) is 0 Å². The van der Waals surface area contributed by atoms with Gasteiger partial charge in [0.05, 0.1) is 24.1 Å². The Morgan fingerprint density at radius 2 is 1.82 bits per heavy atom. The minimum Gasteiger partial charge on any atom is -0.490 e. The van der Waals surface area contributed by atoms with Crippen LogP contribution in [0.4, 0.5) is 11.4 Å². The van der Waals surface area contributed by atoms with Crippen molar-refractivity contribution in [3.05, 3.63) is 54.1 Å². The molecule has 0 saturated carbocycles. The lowest BCUT2D eigenvalue weighted by atomic mass is 9.94. The van der Waals surface area contributed by atoms with Crippen molar-refractivity contribution >= 4 is 29.1 Å². The van der Waals surface area contributed by atoms with Gasteiger partial charge in [0, 0.05) is 24.3 Å². The maximum Gasteiger partial charge on any atom is 0.257 e. The zero-order chi connectivity index (χ0) is 24.2. The zero-order valence-electron chi connectivity index (χ0n) is 19.7. The Labute approximate surface area is 199 Å². The van der Waals surface area contributed by atoms with Gasteiger partial charge >= 0.3 is 0 Å². The Hall–Kier alpha value is -3.39. The maximum atomic E-state index is 13.3. The summed E-state index contributed by atoms with van der Waals surface area (Å²) in [5, 5.41) is 5.73. The van der Waals surface area contributed by atoms with Gasteiger partial charge in [-0.25, -0.2) is 0 Å². The number of anilines is 2. The van der Waals surface area contributed by atoms with Crippen molar-refractivity contribution in [3.63, 3.8) is 0 Å². The molecule has 0 spiro atoms. The van der Waals surface area contributed by atoms with E-state index >= 15 is 0 Å². The molecule has 1 fully saturated rings. The molecule has 0 bridgehead atoms. The number of para-hydroxylation sites is 1. The van der Waals surface area contributed by atoms with E-state index in [4.69, 9.17) is 9.47 Å². The topological polar surface area (TPSA) is 97.0 Å². The summed E-state index contributed by atoms with van der Waals surface area (Å²) in [6, 6.07) is 14.2. The van der Waals surface area contributed by atoms with Crippen LogP contribution in [0.5, 0.6) is 5.75 Å². The normalized spacial score (nSPS) is 22.1. The van der Waals surface area contributed by atoms with Gasteiger partial charge in [-0.15, -0.1) is 0 Å². The molecule has 3 amide bonds. The number of amides is 3. The Balaban J connectivity index is 1.43. The number of nitrogens with one attached hydrogen (secondary N) is 2. The van der Waals surface area contributed by atoms with Crippen LogP contribution in [0.15, 0.2) is 48.5 Å². The standard InChI is InChI=1S/C26H31N3O5/c1-16(2)25(31)28-18-9-12-22-20(13-18)26(32)29(3)21-11-10-19(34-23(21)15-33-22)14-24(30)27-17-7-5-4-6-8-17/h4-9,12-13,16,19,21,23H,10-11,14-15H2,1-3H3,(H,27,30)(H,28,31)/t19-,21+,23-/m0/s1. The van der Waals surface area contributed by atoms with E-state index in [1.165, 1.54) is 0 Å². The van der Waals surface area contributed by atoms with Crippen LogP contribution in [0.25, 0.3) is 0 Å². The largest absolute Gasteiger partial charge is 0.490 e. The van der Waals surface area contributed by atoms with Gasteiger partial charge in [0.15, 0.2) is 0 Å². The minimum atomic E-state index is -0.342. The molecule has 2 heterocycles. The molecule has 0 unspecified atom stereocenters. The molecule has 2 N–H and O–H groups in total. The van der Waals surface area contributed by atoms with Gasteiger partial charge in [0.2, 0.25) is 11.8 Å².